The van der Waals surface area contributed by atoms with Crippen LogP contribution in [0.2, 0.25) is 0 Å². The number of rotatable bonds is 7. The molecular formula is C26H44NNaO6S. The number of aliphatic hydroxyl groups excluding tert-OH is 2. The summed E-state index contributed by atoms with van der Waals surface area (Å²) in [6.07, 6.45) is 8.73. The van der Waals surface area contributed by atoms with Crippen molar-refractivity contribution in [2.24, 2.45) is 51.3 Å². The molecule has 0 saturated heterocycles. The van der Waals surface area contributed by atoms with E-state index in [9.17, 15) is 23.7 Å². The Hall–Kier alpha value is 0.300. The van der Waals surface area contributed by atoms with Gasteiger partial charge in [0, 0.05) is 0 Å². The Morgan fingerprint density at radius 3 is 2.40 bits per heavy atom. The first-order chi connectivity index (χ1) is 15.8. The van der Waals surface area contributed by atoms with Gasteiger partial charge in [0.1, 0.15) is 0 Å². The van der Waals surface area contributed by atoms with Crippen LogP contribution in [0.5, 0.6) is 0 Å². The second-order valence-corrected chi connectivity index (χ2v) is 14.1. The molecule has 0 radical (unpaired) electrons. The molecule has 0 bridgehead atoms. The van der Waals surface area contributed by atoms with Gasteiger partial charge in [-0.25, -0.2) is 0 Å². The van der Waals surface area contributed by atoms with E-state index < -0.39 is 15.9 Å². The van der Waals surface area contributed by atoms with Crippen molar-refractivity contribution >= 4 is 16.0 Å². The molecule has 4 aliphatic rings. The number of nitrogens with zero attached hydrogens (tertiary/aromatic N) is 1. The van der Waals surface area contributed by atoms with Crippen molar-refractivity contribution in [2.45, 2.75) is 97.2 Å². The van der Waals surface area contributed by atoms with Gasteiger partial charge in [-0.3, -0.25) is 4.55 Å². The summed E-state index contributed by atoms with van der Waals surface area (Å²) >= 11 is 0. The average molecular weight is 522 g/mol. The standard InChI is InChI=1S/C26H45NO6S.Na/c1-16(4-7-23(30)27-12-13-34(31,32)33)19-5-6-20-24-21(9-11-26(19,20)3)25(2)10-8-18(28)14-17(25)15-22(24)29;/h16-22,24,28-29H,4-15H2,1-3H3,(H,27,30)(H,31,32,33);/q;+1/p-1/t16-,17+,18-,19-,20+,21+,22?,24?,25+,26-;/m1./s1. The molecule has 4 aliphatic carbocycles. The van der Waals surface area contributed by atoms with E-state index in [1.165, 1.54) is 0 Å². The van der Waals surface area contributed by atoms with Crippen molar-refractivity contribution in [3.63, 3.8) is 0 Å². The molecule has 35 heavy (non-hydrogen) atoms. The van der Waals surface area contributed by atoms with Crippen molar-refractivity contribution < 1.29 is 57.8 Å². The number of hydrogen-bond acceptors (Lipinski definition) is 6. The number of fused-ring (bicyclic) bond motifs is 5. The number of aliphatic imine (C=N–C) groups is 1. The van der Waals surface area contributed by atoms with E-state index in [1.54, 1.807) is 0 Å². The quantitative estimate of drug-likeness (QED) is 0.188. The van der Waals surface area contributed by atoms with Crippen molar-refractivity contribution in [1.82, 2.24) is 0 Å². The van der Waals surface area contributed by atoms with Gasteiger partial charge in [-0.05, 0) is 116 Å². The van der Waals surface area contributed by atoms with Crippen LogP contribution < -0.4 is 34.7 Å². The second-order valence-electron chi connectivity index (χ2n) is 12.5. The topological polar surface area (TPSA) is 130 Å². The Balaban J connectivity index is 0.00000342. The molecule has 10 atom stereocenters. The summed E-state index contributed by atoms with van der Waals surface area (Å²) in [4.78, 5) is 3.79. The van der Waals surface area contributed by atoms with Crippen LogP contribution >= 0.6 is 0 Å². The molecular weight excluding hydrogens is 477 g/mol. The van der Waals surface area contributed by atoms with Crippen molar-refractivity contribution in [3.05, 3.63) is 0 Å². The Kier molecular flexibility index (Phi) is 9.54. The van der Waals surface area contributed by atoms with Crippen molar-refractivity contribution in [1.29, 1.82) is 0 Å². The molecule has 3 N–H and O–H groups in total. The Morgan fingerprint density at radius 2 is 1.71 bits per heavy atom. The van der Waals surface area contributed by atoms with Gasteiger partial charge in [-0.2, -0.15) is 8.42 Å². The van der Waals surface area contributed by atoms with Crippen LogP contribution in [0.25, 0.3) is 0 Å². The maximum Gasteiger partial charge on any atom is 1.00 e. The van der Waals surface area contributed by atoms with E-state index in [2.05, 4.69) is 25.8 Å². The molecule has 0 aliphatic heterocycles. The summed E-state index contributed by atoms with van der Waals surface area (Å²) in [5, 5.41) is 33.7. The van der Waals surface area contributed by atoms with Gasteiger partial charge in [-0.15, -0.1) is 0 Å². The Morgan fingerprint density at radius 1 is 1.06 bits per heavy atom. The van der Waals surface area contributed by atoms with Crippen molar-refractivity contribution in [2.75, 3.05) is 12.3 Å². The van der Waals surface area contributed by atoms with Gasteiger partial charge in [0.15, 0.2) is 0 Å². The van der Waals surface area contributed by atoms with E-state index >= 15 is 0 Å². The first-order valence-electron chi connectivity index (χ1n) is 13.4. The summed E-state index contributed by atoms with van der Waals surface area (Å²) in [5.74, 6) is 1.86. The van der Waals surface area contributed by atoms with E-state index in [4.69, 9.17) is 4.55 Å². The van der Waals surface area contributed by atoms with Gasteiger partial charge in [0.05, 0.1) is 24.5 Å². The third-order valence-electron chi connectivity index (χ3n) is 10.9. The molecule has 7 nitrogen and oxygen atoms in total. The molecule has 0 aromatic heterocycles. The second kappa shape index (κ2) is 11.2. The van der Waals surface area contributed by atoms with Crippen LogP contribution in [0.1, 0.15) is 85.0 Å². The maximum atomic E-state index is 12.1. The summed E-state index contributed by atoms with van der Waals surface area (Å²) in [5.41, 5.74) is 0.397. The average Bonchev–Trinajstić information content (AvgIpc) is 3.09. The Labute approximate surface area is 233 Å². The number of aliphatic hydroxyl groups is 2. The zero-order chi connectivity index (χ0) is 24.9. The van der Waals surface area contributed by atoms with Gasteiger partial charge in [0.25, 0.3) is 10.1 Å². The molecule has 196 valence electrons. The van der Waals surface area contributed by atoms with Gasteiger partial charge < -0.3 is 20.3 Å². The van der Waals surface area contributed by atoms with Crippen LogP contribution in [-0.4, -0.2) is 53.6 Å². The minimum Gasteiger partial charge on any atom is -0.862 e. The van der Waals surface area contributed by atoms with Gasteiger partial charge >= 0.3 is 29.6 Å². The normalized spacial score (nSPS) is 44.5. The predicted octanol–water partition coefficient (Wildman–Crippen LogP) is 0.0439. The van der Waals surface area contributed by atoms with Crippen LogP contribution in [0, 0.1) is 46.3 Å². The zero-order valence-corrected chi connectivity index (χ0v) is 24.8. The minimum absolute atomic E-state index is 0. The fraction of sp³-hybridized carbons (Fsp3) is 0.962. The molecule has 0 aromatic carbocycles. The summed E-state index contributed by atoms with van der Waals surface area (Å²) in [6.45, 7) is 6.90. The fourth-order valence-electron chi connectivity index (χ4n) is 9.09. The molecule has 4 saturated carbocycles. The largest absolute Gasteiger partial charge is 1.00 e. The van der Waals surface area contributed by atoms with Crippen LogP contribution in [-0.2, 0) is 10.1 Å². The number of hydrogen-bond donors (Lipinski definition) is 3. The molecule has 4 fully saturated rings. The van der Waals surface area contributed by atoms with Gasteiger partial charge in [-0.1, -0.05) is 20.8 Å². The summed E-state index contributed by atoms with van der Waals surface area (Å²) in [7, 11) is -4.09. The summed E-state index contributed by atoms with van der Waals surface area (Å²) < 4.78 is 30.4. The summed E-state index contributed by atoms with van der Waals surface area (Å²) in [6, 6.07) is 0. The fourth-order valence-corrected chi connectivity index (χ4v) is 9.41. The smallest absolute Gasteiger partial charge is 0.862 e. The van der Waals surface area contributed by atoms with Gasteiger partial charge in [0.2, 0.25) is 0 Å². The first kappa shape index (κ1) is 29.9. The Bertz CT molecular complexity index is 883. The molecule has 9 heteroatoms. The third kappa shape index (κ3) is 5.99. The maximum absolute atomic E-state index is 12.1. The molecule has 2 unspecified atom stereocenters. The van der Waals surface area contributed by atoms with Crippen LogP contribution in [0.3, 0.4) is 0 Å². The predicted molar refractivity (Wildman–Crippen MR) is 130 cm³/mol. The first-order valence-corrected chi connectivity index (χ1v) is 15.0. The monoisotopic (exact) mass is 521 g/mol. The molecule has 0 amide bonds. The molecule has 0 heterocycles. The molecule has 0 aromatic rings. The molecule has 4 rings (SSSR count). The van der Waals surface area contributed by atoms with Crippen LogP contribution in [0.15, 0.2) is 4.99 Å². The minimum atomic E-state index is -4.09. The zero-order valence-electron chi connectivity index (χ0n) is 22.0. The van der Waals surface area contributed by atoms with E-state index in [-0.39, 0.29) is 65.0 Å². The van der Waals surface area contributed by atoms with Crippen LogP contribution in [0.4, 0.5) is 0 Å². The van der Waals surface area contributed by atoms with E-state index in [1.807, 2.05) is 0 Å². The van der Waals surface area contributed by atoms with E-state index in [0.717, 1.165) is 57.8 Å². The van der Waals surface area contributed by atoms with Crippen molar-refractivity contribution in [3.8, 4) is 0 Å². The third-order valence-corrected chi connectivity index (χ3v) is 11.6. The van der Waals surface area contributed by atoms with E-state index in [0.29, 0.717) is 41.9 Å². The molecule has 0 spiro atoms. The SMILES string of the molecule is C[C@H](CCC([O-])=NCCS(=O)(=O)O)[C@H]1CC[C@H]2C3C(O)C[C@@H]4C[C@H](O)CC[C@]4(C)[C@H]3CC[C@]12C.[Na+].